The Kier molecular flexibility index (Phi) is 0.588. The van der Waals surface area contributed by atoms with Gasteiger partial charge in [-0.15, -0.1) is 10.2 Å². The van der Waals surface area contributed by atoms with E-state index in [9.17, 15) is 0 Å². The van der Waals surface area contributed by atoms with Crippen LogP contribution in [0.15, 0.2) is 6.33 Å². The summed E-state index contributed by atoms with van der Waals surface area (Å²) in [5.74, 6) is 0.894. The normalized spacial score (nSPS) is 15.5. The minimum atomic E-state index is 0.894. The van der Waals surface area contributed by atoms with Crippen LogP contribution in [0.3, 0.4) is 0 Å². The molecular formula is C4H6N4. The molecule has 8 heavy (non-hydrogen) atoms. The number of aromatic nitrogens is 3. The molecule has 1 aliphatic heterocycles. The van der Waals surface area contributed by atoms with Crippen LogP contribution in [0.1, 0.15) is 0 Å². The molecule has 4 nitrogen and oxygen atoms in total. The summed E-state index contributed by atoms with van der Waals surface area (Å²) in [6.07, 6.45) is 1.73. The van der Waals surface area contributed by atoms with Crippen LogP contribution in [-0.4, -0.2) is 21.3 Å². The highest BCUT2D eigenvalue weighted by Gasteiger charge is 2.07. The van der Waals surface area contributed by atoms with Gasteiger partial charge in [-0.3, -0.25) is 4.57 Å². The highest BCUT2D eigenvalue weighted by Crippen LogP contribution is 2.06. The summed E-state index contributed by atoms with van der Waals surface area (Å²) in [6.45, 7) is 1.99. The van der Waals surface area contributed by atoms with Crippen molar-refractivity contribution < 1.29 is 0 Å². The van der Waals surface area contributed by atoms with Crippen molar-refractivity contribution in [3.05, 3.63) is 6.33 Å². The van der Waals surface area contributed by atoms with Crippen molar-refractivity contribution in [2.45, 2.75) is 6.54 Å². The summed E-state index contributed by atoms with van der Waals surface area (Å²) in [5, 5.41) is 10.6. The van der Waals surface area contributed by atoms with Gasteiger partial charge in [0.2, 0.25) is 5.95 Å². The van der Waals surface area contributed by atoms with E-state index in [2.05, 4.69) is 15.5 Å². The molecule has 0 amide bonds. The summed E-state index contributed by atoms with van der Waals surface area (Å²) in [4.78, 5) is 0. The lowest BCUT2D eigenvalue weighted by atomic mass is 10.7. The molecule has 0 bridgehead atoms. The van der Waals surface area contributed by atoms with Crippen molar-refractivity contribution in [3.63, 3.8) is 0 Å². The zero-order chi connectivity index (χ0) is 5.40. The zero-order valence-corrected chi connectivity index (χ0v) is 4.33. The number of anilines is 1. The van der Waals surface area contributed by atoms with Crippen molar-refractivity contribution in [2.75, 3.05) is 11.9 Å². The molecule has 0 atom stereocenters. The van der Waals surface area contributed by atoms with E-state index in [-0.39, 0.29) is 0 Å². The third-order valence-corrected chi connectivity index (χ3v) is 1.25. The van der Waals surface area contributed by atoms with Gasteiger partial charge in [0.05, 0.1) is 0 Å². The van der Waals surface area contributed by atoms with Crippen LogP contribution < -0.4 is 5.32 Å². The van der Waals surface area contributed by atoms with Gasteiger partial charge in [-0.05, 0) is 0 Å². The van der Waals surface area contributed by atoms with Gasteiger partial charge < -0.3 is 5.32 Å². The number of nitrogens with zero attached hydrogens (tertiary/aromatic N) is 3. The zero-order valence-electron chi connectivity index (χ0n) is 4.33. The Balaban J connectivity index is 2.54. The Labute approximate surface area is 46.5 Å². The van der Waals surface area contributed by atoms with Gasteiger partial charge in [-0.2, -0.15) is 0 Å². The second-order valence-corrected chi connectivity index (χ2v) is 1.77. The first-order valence-electron chi connectivity index (χ1n) is 2.58. The van der Waals surface area contributed by atoms with Crippen LogP contribution in [0.2, 0.25) is 0 Å². The fourth-order valence-electron chi connectivity index (χ4n) is 0.844. The SMILES string of the molecule is c1nnc2n1CCN2. The predicted molar refractivity (Wildman–Crippen MR) is 28.5 cm³/mol. The van der Waals surface area contributed by atoms with Crippen LogP contribution in [0, 0.1) is 0 Å². The van der Waals surface area contributed by atoms with E-state index in [4.69, 9.17) is 0 Å². The van der Waals surface area contributed by atoms with Crippen molar-refractivity contribution in [1.29, 1.82) is 0 Å². The standard InChI is InChI=1S/C4H6N4/c1-2-8-3-6-7-4(8)5-1/h3H,1-2H2,(H,5,7). The van der Waals surface area contributed by atoms with Crippen molar-refractivity contribution in [3.8, 4) is 0 Å². The van der Waals surface area contributed by atoms with Crippen LogP contribution in [0.5, 0.6) is 0 Å². The van der Waals surface area contributed by atoms with E-state index in [1.165, 1.54) is 0 Å². The summed E-state index contributed by atoms with van der Waals surface area (Å²) >= 11 is 0. The number of nitrogens with one attached hydrogen (secondary N) is 1. The van der Waals surface area contributed by atoms with E-state index < -0.39 is 0 Å². The maximum absolute atomic E-state index is 3.80. The second kappa shape index (κ2) is 1.21. The lowest BCUT2D eigenvalue weighted by Crippen LogP contribution is -1.94. The van der Waals surface area contributed by atoms with Gasteiger partial charge in [0, 0.05) is 13.1 Å². The maximum atomic E-state index is 3.80. The topological polar surface area (TPSA) is 42.7 Å². The van der Waals surface area contributed by atoms with Crippen LogP contribution in [-0.2, 0) is 6.54 Å². The lowest BCUT2D eigenvalue weighted by Gasteiger charge is -1.84. The smallest absolute Gasteiger partial charge is 0.224 e. The summed E-state index contributed by atoms with van der Waals surface area (Å²) in [5.41, 5.74) is 0. The molecule has 0 spiro atoms. The molecule has 2 heterocycles. The molecule has 0 saturated carbocycles. The Morgan fingerprint density at radius 2 is 2.75 bits per heavy atom. The van der Waals surface area contributed by atoms with E-state index in [0.29, 0.717) is 0 Å². The fourth-order valence-corrected chi connectivity index (χ4v) is 0.844. The predicted octanol–water partition coefficient (Wildman–Crippen LogP) is -0.296. The van der Waals surface area contributed by atoms with Crippen molar-refractivity contribution in [2.24, 2.45) is 0 Å². The van der Waals surface area contributed by atoms with Gasteiger partial charge in [-0.25, -0.2) is 0 Å². The van der Waals surface area contributed by atoms with Crippen molar-refractivity contribution >= 4 is 5.95 Å². The molecule has 0 fully saturated rings. The summed E-state index contributed by atoms with van der Waals surface area (Å²) in [7, 11) is 0. The Hall–Kier alpha value is -1.06. The quantitative estimate of drug-likeness (QED) is 0.498. The molecular weight excluding hydrogens is 104 g/mol. The number of rotatable bonds is 0. The molecule has 1 aromatic rings. The van der Waals surface area contributed by atoms with Gasteiger partial charge >= 0.3 is 0 Å². The highest BCUT2D eigenvalue weighted by atomic mass is 15.4. The van der Waals surface area contributed by atoms with Gasteiger partial charge in [0.1, 0.15) is 6.33 Å². The Bertz CT molecular complexity index is 173. The van der Waals surface area contributed by atoms with E-state index >= 15 is 0 Å². The molecule has 4 heteroatoms. The van der Waals surface area contributed by atoms with Gasteiger partial charge in [0.25, 0.3) is 0 Å². The number of fused-ring (bicyclic) bond motifs is 1. The Morgan fingerprint density at radius 1 is 1.75 bits per heavy atom. The molecule has 0 unspecified atom stereocenters. The molecule has 0 radical (unpaired) electrons. The van der Waals surface area contributed by atoms with Crippen LogP contribution in [0.4, 0.5) is 5.95 Å². The summed E-state index contributed by atoms with van der Waals surface area (Å²) < 4.78 is 1.99. The largest absolute Gasteiger partial charge is 0.353 e. The van der Waals surface area contributed by atoms with Crippen molar-refractivity contribution in [1.82, 2.24) is 14.8 Å². The average molecular weight is 110 g/mol. The highest BCUT2D eigenvalue weighted by molar-refractivity contribution is 5.26. The third kappa shape index (κ3) is 0.344. The van der Waals surface area contributed by atoms with Gasteiger partial charge in [-0.1, -0.05) is 0 Å². The first-order valence-corrected chi connectivity index (χ1v) is 2.58. The van der Waals surface area contributed by atoms with E-state index in [0.717, 1.165) is 19.0 Å². The molecule has 1 aliphatic rings. The summed E-state index contributed by atoms with van der Waals surface area (Å²) in [6, 6.07) is 0. The minimum absolute atomic E-state index is 0.894. The van der Waals surface area contributed by atoms with Crippen LogP contribution >= 0.6 is 0 Å². The van der Waals surface area contributed by atoms with Crippen LogP contribution in [0.25, 0.3) is 0 Å². The minimum Gasteiger partial charge on any atom is -0.353 e. The Morgan fingerprint density at radius 3 is 3.62 bits per heavy atom. The van der Waals surface area contributed by atoms with E-state index in [1.54, 1.807) is 6.33 Å². The molecule has 42 valence electrons. The first kappa shape index (κ1) is 3.88. The number of hydrogen-bond acceptors (Lipinski definition) is 3. The van der Waals surface area contributed by atoms with E-state index in [1.807, 2.05) is 4.57 Å². The molecule has 1 aromatic heterocycles. The first-order chi connectivity index (χ1) is 3.97. The van der Waals surface area contributed by atoms with Gasteiger partial charge in [0.15, 0.2) is 0 Å². The molecule has 2 rings (SSSR count). The maximum Gasteiger partial charge on any atom is 0.224 e. The molecule has 0 aromatic carbocycles. The number of hydrogen-bond donors (Lipinski definition) is 1. The molecule has 0 saturated heterocycles. The molecule has 0 aliphatic carbocycles. The monoisotopic (exact) mass is 110 g/mol. The third-order valence-electron chi connectivity index (χ3n) is 1.25. The second-order valence-electron chi connectivity index (χ2n) is 1.77. The lowest BCUT2D eigenvalue weighted by molar-refractivity contribution is 0.799. The molecule has 1 N–H and O–H groups in total. The fraction of sp³-hybridized carbons (Fsp3) is 0.500. The average Bonchev–Trinajstić information content (AvgIpc) is 2.15.